The lowest BCUT2D eigenvalue weighted by atomic mass is 10.1. The van der Waals surface area contributed by atoms with Gasteiger partial charge in [0.25, 0.3) is 5.91 Å². The van der Waals surface area contributed by atoms with Crippen LogP contribution >= 0.6 is 11.6 Å². The monoisotopic (exact) mass is 423 g/mol. The summed E-state index contributed by atoms with van der Waals surface area (Å²) >= 11 is 6.10. The number of aromatic nitrogens is 2. The smallest absolute Gasteiger partial charge is 0.257 e. The molecule has 3 aromatic rings. The van der Waals surface area contributed by atoms with Gasteiger partial charge in [-0.25, -0.2) is 4.99 Å². The van der Waals surface area contributed by atoms with Gasteiger partial charge in [0, 0.05) is 34.1 Å². The summed E-state index contributed by atoms with van der Waals surface area (Å²) in [5, 5.41) is 11.2. The third-order valence-corrected chi connectivity index (χ3v) is 5.06. The molecule has 156 valence electrons. The van der Waals surface area contributed by atoms with Gasteiger partial charge in [-0.1, -0.05) is 35.4 Å². The number of benzene rings is 2. The number of nitrogens with one attached hydrogen (secondary N) is 2. The van der Waals surface area contributed by atoms with E-state index in [9.17, 15) is 4.79 Å². The van der Waals surface area contributed by atoms with Gasteiger partial charge in [0.05, 0.1) is 12.2 Å². The van der Waals surface area contributed by atoms with E-state index < -0.39 is 0 Å². The Morgan fingerprint density at radius 3 is 2.57 bits per heavy atom. The van der Waals surface area contributed by atoms with E-state index in [0.717, 1.165) is 34.7 Å². The van der Waals surface area contributed by atoms with Crippen molar-refractivity contribution in [1.29, 1.82) is 0 Å². The Morgan fingerprint density at radius 1 is 1.13 bits per heavy atom. The van der Waals surface area contributed by atoms with Gasteiger partial charge in [0.15, 0.2) is 0 Å². The zero-order chi connectivity index (χ0) is 21.7. The van der Waals surface area contributed by atoms with Crippen LogP contribution in [0.2, 0.25) is 5.02 Å². The molecule has 0 saturated carbocycles. The number of carbonyl (C=O) groups is 1. The maximum atomic E-state index is 12.8. The van der Waals surface area contributed by atoms with Gasteiger partial charge in [0.2, 0.25) is 5.96 Å². The van der Waals surface area contributed by atoms with Crippen LogP contribution in [-0.4, -0.2) is 21.6 Å². The highest BCUT2D eigenvalue weighted by Gasteiger charge is 2.13. The molecule has 0 aliphatic heterocycles. The molecule has 30 heavy (non-hydrogen) atoms. The second-order valence-corrected chi connectivity index (χ2v) is 7.53. The van der Waals surface area contributed by atoms with Gasteiger partial charge >= 0.3 is 0 Å². The van der Waals surface area contributed by atoms with E-state index in [1.807, 2.05) is 55.8 Å². The molecule has 2 N–H and O–H groups in total. The van der Waals surface area contributed by atoms with Gasteiger partial charge in [-0.05, 0) is 58.0 Å². The lowest BCUT2D eigenvalue weighted by molar-refractivity contribution is 0.0977. The van der Waals surface area contributed by atoms with E-state index in [4.69, 9.17) is 11.6 Å². The lowest BCUT2D eigenvalue weighted by Crippen LogP contribution is -2.36. The van der Waals surface area contributed by atoms with Gasteiger partial charge < -0.3 is 5.32 Å². The molecule has 1 aromatic heterocycles. The highest BCUT2D eigenvalue weighted by Crippen LogP contribution is 2.17. The molecule has 0 fully saturated rings. The molecule has 0 aliphatic rings. The first kappa shape index (κ1) is 21.6. The molecule has 2 aromatic carbocycles. The van der Waals surface area contributed by atoms with Crippen LogP contribution in [0, 0.1) is 20.8 Å². The number of hydrogen-bond donors (Lipinski definition) is 2. The topological polar surface area (TPSA) is 71.3 Å². The van der Waals surface area contributed by atoms with Crippen LogP contribution in [-0.2, 0) is 13.1 Å². The van der Waals surface area contributed by atoms with Crippen molar-refractivity contribution in [3.05, 3.63) is 81.6 Å². The normalized spacial score (nSPS) is 11.4. The summed E-state index contributed by atoms with van der Waals surface area (Å²) in [7, 11) is 0. The van der Waals surface area contributed by atoms with E-state index in [1.165, 1.54) is 0 Å². The average molecular weight is 424 g/mol. The molecule has 3 rings (SSSR count). The number of hydrogen-bond acceptors (Lipinski definition) is 3. The van der Waals surface area contributed by atoms with Gasteiger partial charge in [-0.2, -0.15) is 5.10 Å². The average Bonchev–Trinajstić information content (AvgIpc) is 2.99. The van der Waals surface area contributed by atoms with Crippen molar-refractivity contribution in [2.24, 2.45) is 4.99 Å². The van der Waals surface area contributed by atoms with Crippen molar-refractivity contribution in [3.8, 4) is 0 Å². The number of carbonyl (C=O) groups excluding carboxylic acids is 1. The number of anilines is 1. The Hall–Kier alpha value is -3.12. The number of guanidine groups is 1. The Labute approximate surface area is 182 Å². The molecule has 0 saturated heterocycles. The largest absolute Gasteiger partial charge is 0.326 e. The van der Waals surface area contributed by atoms with E-state index in [2.05, 4.69) is 27.6 Å². The Bertz CT molecular complexity index is 1090. The molecule has 0 radical (unpaired) electrons. The summed E-state index contributed by atoms with van der Waals surface area (Å²) in [6.07, 6.45) is 0. The number of amides is 1. The highest BCUT2D eigenvalue weighted by atomic mass is 35.5. The predicted octanol–water partition coefficient (Wildman–Crippen LogP) is 4.88. The predicted molar refractivity (Wildman–Crippen MR) is 122 cm³/mol. The molecular formula is C23H26ClN5O. The van der Waals surface area contributed by atoms with Crippen molar-refractivity contribution >= 4 is 29.2 Å². The standard InChI is InChI=1S/C23H26ClN5O/c1-5-29-17(4)21(16(3)28-29)14-25-23(26-20-11-7-10-19(24)13-20)27-22(30)18-9-6-8-15(2)12-18/h6-13H,5,14H2,1-4H3,(H2,25,26,27,30). The summed E-state index contributed by atoms with van der Waals surface area (Å²) in [5.41, 5.74) is 5.38. The van der Waals surface area contributed by atoms with Crippen molar-refractivity contribution in [3.63, 3.8) is 0 Å². The van der Waals surface area contributed by atoms with Crippen LogP contribution in [0.15, 0.2) is 53.5 Å². The van der Waals surface area contributed by atoms with Crippen LogP contribution in [0.25, 0.3) is 0 Å². The minimum atomic E-state index is -0.232. The zero-order valence-electron chi connectivity index (χ0n) is 17.7. The summed E-state index contributed by atoms with van der Waals surface area (Å²) < 4.78 is 1.95. The fraction of sp³-hybridized carbons (Fsp3) is 0.261. The van der Waals surface area contributed by atoms with E-state index in [0.29, 0.717) is 23.1 Å². The lowest BCUT2D eigenvalue weighted by Gasteiger charge is -2.12. The first-order valence-corrected chi connectivity index (χ1v) is 10.2. The second-order valence-electron chi connectivity index (χ2n) is 7.09. The third-order valence-electron chi connectivity index (χ3n) is 4.83. The van der Waals surface area contributed by atoms with Crippen LogP contribution in [0.1, 0.15) is 39.8 Å². The molecule has 6 nitrogen and oxygen atoms in total. The van der Waals surface area contributed by atoms with Crippen LogP contribution < -0.4 is 10.6 Å². The van der Waals surface area contributed by atoms with Crippen LogP contribution in [0.4, 0.5) is 5.69 Å². The SMILES string of the molecule is CCn1nc(C)c(CN=C(NC(=O)c2cccc(C)c2)Nc2cccc(Cl)c2)c1C. The van der Waals surface area contributed by atoms with Crippen LogP contribution in [0.5, 0.6) is 0 Å². The summed E-state index contributed by atoms with van der Waals surface area (Å²) in [5.74, 6) is 0.122. The molecular weight excluding hydrogens is 398 g/mol. The van der Waals surface area contributed by atoms with E-state index in [-0.39, 0.29) is 5.91 Å². The first-order chi connectivity index (χ1) is 14.4. The second kappa shape index (κ2) is 9.59. The molecule has 1 amide bonds. The summed E-state index contributed by atoms with van der Waals surface area (Å²) in [6, 6.07) is 14.7. The van der Waals surface area contributed by atoms with Gasteiger partial charge in [0.1, 0.15) is 0 Å². The molecule has 0 bridgehead atoms. The molecule has 0 aliphatic carbocycles. The highest BCUT2D eigenvalue weighted by molar-refractivity contribution is 6.31. The molecule has 0 atom stereocenters. The van der Waals surface area contributed by atoms with Crippen molar-refractivity contribution in [1.82, 2.24) is 15.1 Å². The summed E-state index contributed by atoms with van der Waals surface area (Å²) in [6.45, 7) is 9.21. The fourth-order valence-electron chi connectivity index (χ4n) is 3.21. The Kier molecular flexibility index (Phi) is 6.90. The minimum absolute atomic E-state index is 0.232. The molecule has 0 spiro atoms. The Morgan fingerprint density at radius 2 is 1.90 bits per heavy atom. The molecule has 7 heteroatoms. The fourth-order valence-corrected chi connectivity index (χ4v) is 3.40. The van der Waals surface area contributed by atoms with E-state index >= 15 is 0 Å². The number of aliphatic imine (C=N–C) groups is 1. The van der Waals surface area contributed by atoms with Crippen LogP contribution in [0.3, 0.4) is 0 Å². The Balaban J connectivity index is 1.87. The maximum absolute atomic E-state index is 12.8. The molecule has 1 heterocycles. The zero-order valence-corrected chi connectivity index (χ0v) is 18.4. The number of aryl methyl sites for hydroxylation is 3. The van der Waals surface area contributed by atoms with Crippen molar-refractivity contribution < 1.29 is 4.79 Å². The maximum Gasteiger partial charge on any atom is 0.257 e. The van der Waals surface area contributed by atoms with Crippen molar-refractivity contribution in [2.45, 2.75) is 40.8 Å². The molecule has 0 unspecified atom stereocenters. The number of rotatable bonds is 5. The third kappa shape index (κ3) is 5.27. The number of nitrogens with zero attached hydrogens (tertiary/aromatic N) is 3. The van der Waals surface area contributed by atoms with E-state index in [1.54, 1.807) is 18.2 Å². The first-order valence-electron chi connectivity index (χ1n) is 9.85. The number of halogens is 1. The van der Waals surface area contributed by atoms with Gasteiger partial charge in [-0.3, -0.25) is 14.8 Å². The van der Waals surface area contributed by atoms with Crippen molar-refractivity contribution in [2.75, 3.05) is 5.32 Å². The summed E-state index contributed by atoms with van der Waals surface area (Å²) in [4.78, 5) is 17.4. The quantitative estimate of drug-likeness (QED) is 0.453. The minimum Gasteiger partial charge on any atom is -0.326 e. The van der Waals surface area contributed by atoms with Gasteiger partial charge in [-0.15, -0.1) is 0 Å².